The first-order valence-corrected chi connectivity index (χ1v) is 6.60. The van der Waals surface area contributed by atoms with Crippen molar-refractivity contribution in [3.8, 4) is 0 Å². The Bertz CT molecular complexity index is 614. The SMILES string of the molecule is Cc1cc(CC(=O)NCc2ccc(F)cc2)c(C)n1C. The molecule has 0 spiro atoms. The largest absolute Gasteiger partial charge is 0.352 e. The van der Waals surface area contributed by atoms with Crippen molar-refractivity contribution in [3.63, 3.8) is 0 Å². The molecule has 0 atom stereocenters. The van der Waals surface area contributed by atoms with Gasteiger partial charge in [0.1, 0.15) is 5.82 Å². The fourth-order valence-corrected chi connectivity index (χ4v) is 2.15. The fraction of sp³-hybridized carbons (Fsp3) is 0.312. The number of nitrogens with zero attached hydrogens (tertiary/aromatic N) is 1. The number of aromatic nitrogens is 1. The van der Waals surface area contributed by atoms with Crippen molar-refractivity contribution in [1.82, 2.24) is 9.88 Å². The maximum Gasteiger partial charge on any atom is 0.224 e. The number of aryl methyl sites for hydroxylation is 1. The first-order chi connectivity index (χ1) is 9.47. The molecule has 106 valence electrons. The number of carbonyl (C=O) groups excluding carboxylic acids is 1. The van der Waals surface area contributed by atoms with Crippen molar-refractivity contribution in [2.24, 2.45) is 7.05 Å². The van der Waals surface area contributed by atoms with Gasteiger partial charge in [0.15, 0.2) is 0 Å². The topological polar surface area (TPSA) is 34.0 Å². The van der Waals surface area contributed by atoms with Crippen LogP contribution in [0, 0.1) is 19.7 Å². The predicted molar refractivity (Wildman–Crippen MR) is 76.8 cm³/mol. The Labute approximate surface area is 118 Å². The number of amides is 1. The number of nitrogens with one attached hydrogen (secondary N) is 1. The molecule has 2 aromatic rings. The standard InChI is InChI=1S/C16H19FN2O/c1-11-8-14(12(2)19(11)3)9-16(20)18-10-13-4-6-15(17)7-5-13/h4-8H,9-10H2,1-3H3,(H,18,20). The van der Waals surface area contributed by atoms with E-state index < -0.39 is 0 Å². The smallest absolute Gasteiger partial charge is 0.224 e. The van der Waals surface area contributed by atoms with E-state index in [2.05, 4.69) is 9.88 Å². The number of hydrogen-bond acceptors (Lipinski definition) is 1. The van der Waals surface area contributed by atoms with Crippen LogP contribution < -0.4 is 5.32 Å². The van der Waals surface area contributed by atoms with Crippen molar-refractivity contribution < 1.29 is 9.18 Å². The molecule has 0 aliphatic carbocycles. The lowest BCUT2D eigenvalue weighted by atomic mass is 10.1. The number of rotatable bonds is 4. The van der Waals surface area contributed by atoms with Gasteiger partial charge in [0, 0.05) is 25.0 Å². The highest BCUT2D eigenvalue weighted by Gasteiger charge is 2.10. The minimum atomic E-state index is -0.268. The Balaban J connectivity index is 1.92. The van der Waals surface area contributed by atoms with Crippen molar-refractivity contribution in [2.45, 2.75) is 26.8 Å². The van der Waals surface area contributed by atoms with E-state index in [1.54, 1.807) is 12.1 Å². The van der Waals surface area contributed by atoms with E-state index in [0.717, 1.165) is 22.5 Å². The summed E-state index contributed by atoms with van der Waals surface area (Å²) >= 11 is 0. The van der Waals surface area contributed by atoms with Crippen LogP contribution in [0.1, 0.15) is 22.5 Å². The van der Waals surface area contributed by atoms with Gasteiger partial charge in [-0.25, -0.2) is 4.39 Å². The highest BCUT2D eigenvalue weighted by molar-refractivity contribution is 5.78. The van der Waals surface area contributed by atoms with E-state index in [4.69, 9.17) is 0 Å². The number of benzene rings is 1. The summed E-state index contributed by atoms with van der Waals surface area (Å²) in [5, 5.41) is 2.85. The van der Waals surface area contributed by atoms with Gasteiger partial charge in [0.2, 0.25) is 5.91 Å². The van der Waals surface area contributed by atoms with E-state index in [1.807, 2.05) is 27.0 Å². The van der Waals surface area contributed by atoms with Gasteiger partial charge in [0.25, 0.3) is 0 Å². The van der Waals surface area contributed by atoms with E-state index in [1.165, 1.54) is 12.1 Å². The first kappa shape index (κ1) is 14.3. The van der Waals surface area contributed by atoms with Crippen LogP contribution in [-0.4, -0.2) is 10.5 Å². The predicted octanol–water partition coefficient (Wildman–Crippen LogP) is 2.64. The molecule has 0 radical (unpaired) electrons. The Hall–Kier alpha value is -2.10. The second-order valence-electron chi connectivity index (χ2n) is 5.04. The molecule has 0 bridgehead atoms. The average Bonchev–Trinajstić information content (AvgIpc) is 2.66. The molecule has 1 aromatic heterocycles. The molecule has 4 heteroatoms. The van der Waals surface area contributed by atoms with Crippen molar-refractivity contribution >= 4 is 5.91 Å². The maximum absolute atomic E-state index is 12.8. The first-order valence-electron chi connectivity index (χ1n) is 6.60. The molecule has 0 saturated carbocycles. The molecule has 1 aromatic carbocycles. The molecular weight excluding hydrogens is 255 g/mol. The normalized spacial score (nSPS) is 10.6. The second kappa shape index (κ2) is 5.90. The monoisotopic (exact) mass is 274 g/mol. The molecule has 1 N–H and O–H groups in total. The summed E-state index contributed by atoms with van der Waals surface area (Å²) in [6.45, 7) is 4.45. The van der Waals surface area contributed by atoms with Gasteiger partial charge < -0.3 is 9.88 Å². The molecule has 0 aliphatic rings. The van der Waals surface area contributed by atoms with Crippen LogP contribution in [0.25, 0.3) is 0 Å². The minimum absolute atomic E-state index is 0.0250. The van der Waals surface area contributed by atoms with Crippen LogP contribution in [0.5, 0.6) is 0 Å². The summed E-state index contributed by atoms with van der Waals surface area (Å²) in [5.41, 5.74) is 4.19. The number of halogens is 1. The average molecular weight is 274 g/mol. The molecule has 3 nitrogen and oxygen atoms in total. The lowest BCUT2D eigenvalue weighted by Crippen LogP contribution is -2.24. The van der Waals surface area contributed by atoms with Gasteiger partial charge in [-0.15, -0.1) is 0 Å². The molecule has 2 rings (SSSR count). The zero-order valence-corrected chi connectivity index (χ0v) is 12.0. The lowest BCUT2D eigenvalue weighted by molar-refractivity contribution is -0.120. The van der Waals surface area contributed by atoms with Crippen LogP contribution in [-0.2, 0) is 24.8 Å². The summed E-state index contributed by atoms with van der Waals surface area (Å²) in [5.74, 6) is -0.293. The van der Waals surface area contributed by atoms with Crippen LogP contribution in [0.4, 0.5) is 4.39 Å². The Morgan fingerprint density at radius 1 is 1.25 bits per heavy atom. The molecular formula is C16H19FN2O. The summed E-state index contributed by atoms with van der Waals surface area (Å²) in [6, 6.07) is 8.17. The van der Waals surface area contributed by atoms with Gasteiger partial charge in [-0.05, 0) is 43.2 Å². The van der Waals surface area contributed by atoms with Crippen LogP contribution >= 0.6 is 0 Å². The van der Waals surface area contributed by atoms with Crippen LogP contribution in [0.2, 0.25) is 0 Å². The van der Waals surface area contributed by atoms with Crippen molar-refractivity contribution in [2.75, 3.05) is 0 Å². The second-order valence-corrected chi connectivity index (χ2v) is 5.04. The molecule has 0 aliphatic heterocycles. The van der Waals surface area contributed by atoms with E-state index >= 15 is 0 Å². The highest BCUT2D eigenvalue weighted by atomic mass is 19.1. The number of hydrogen-bond donors (Lipinski definition) is 1. The third-order valence-electron chi connectivity index (χ3n) is 3.63. The quantitative estimate of drug-likeness (QED) is 0.913. The van der Waals surface area contributed by atoms with Crippen LogP contribution in [0.3, 0.4) is 0 Å². The Kier molecular flexibility index (Phi) is 4.23. The highest BCUT2D eigenvalue weighted by Crippen LogP contribution is 2.13. The molecule has 20 heavy (non-hydrogen) atoms. The zero-order valence-electron chi connectivity index (χ0n) is 12.0. The van der Waals surface area contributed by atoms with Crippen molar-refractivity contribution in [1.29, 1.82) is 0 Å². The van der Waals surface area contributed by atoms with E-state index in [9.17, 15) is 9.18 Å². The summed E-state index contributed by atoms with van der Waals surface area (Å²) in [7, 11) is 1.99. The molecule has 0 fully saturated rings. The third-order valence-corrected chi connectivity index (χ3v) is 3.63. The molecule has 0 unspecified atom stereocenters. The fourth-order valence-electron chi connectivity index (χ4n) is 2.15. The zero-order chi connectivity index (χ0) is 14.7. The molecule has 1 amide bonds. The van der Waals surface area contributed by atoms with Gasteiger partial charge in [-0.1, -0.05) is 12.1 Å². The van der Waals surface area contributed by atoms with Gasteiger partial charge in [-0.3, -0.25) is 4.79 Å². The number of carbonyl (C=O) groups is 1. The van der Waals surface area contributed by atoms with Gasteiger partial charge in [-0.2, -0.15) is 0 Å². The van der Waals surface area contributed by atoms with Gasteiger partial charge in [0.05, 0.1) is 6.42 Å². The van der Waals surface area contributed by atoms with Crippen molar-refractivity contribution in [3.05, 3.63) is 58.7 Å². The lowest BCUT2D eigenvalue weighted by Gasteiger charge is -2.06. The molecule has 0 saturated heterocycles. The summed E-state index contributed by atoms with van der Waals surface area (Å²) in [4.78, 5) is 11.9. The summed E-state index contributed by atoms with van der Waals surface area (Å²) < 4.78 is 14.8. The molecule has 1 heterocycles. The Morgan fingerprint density at radius 3 is 2.45 bits per heavy atom. The minimum Gasteiger partial charge on any atom is -0.352 e. The van der Waals surface area contributed by atoms with Crippen LogP contribution in [0.15, 0.2) is 30.3 Å². The van der Waals surface area contributed by atoms with E-state index in [0.29, 0.717) is 13.0 Å². The Morgan fingerprint density at radius 2 is 1.90 bits per heavy atom. The maximum atomic E-state index is 12.8. The third kappa shape index (κ3) is 3.26. The van der Waals surface area contributed by atoms with Gasteiger partial charge >= 0.3 is 0 Å². The van der Waals surface area contributed by atoms with E-state index in [-0.39, 0.29) is 11.7 Å². The summed E-state index contributed by atoms with van der Waals surface area (Å²) in [6.07, 6.45) is 0.370.